The first-order valence-corrected chi connectivity index (χ1v) is 28.6. The van der Waals surface area contributed by atoms with Crippen LogP contribution in [0.2, 0.25) is 0 Å². The number of aromatic amines is 1. The van der Waals surface area contributed by atoms with Crippen LogP contribution in [0.5, 0.6) is 0 Å². The number of H-pyrrole nitrogens is 1. The Labute approximate surface area is 407 Å². The second kappa shape index (κ2) is 37.0. The maximum Gasteiger partial charge on any atom is 0.221 e. The number of thioether (sulfide) groups is 3. The number of nitrogens with one attached hydrogen (secondary N) is 5. The quantitative estimate of drug-likeness (QED) is 0.0270. The number of nitrogens with zero attached hydrogens (tertiary/aromatic N) is 3. The Kier molecular flexibility index (Phi) is 35.4. The van der Waals surface area contributed by atoms with E-state index in [1.54, 1.807) is 27.9 Å². The fraction of sp³-hybridized carbons (Fsp3) is 0.864. The fourth-order valence-corrected chi connectivity index (χ4v) is 10.9. The maximum atomic E-state index is 12.9. The van der Waals surface area contributed by atoms with Gasteiger partial charge in [0.1, 0.15) is 6.23 Å². The number of aliphatic hydroxyl groups is 1. The van der Waals surface area contributed by atoms with Crippen LogP contribution in [0.3, 0.4) is 0 Å². The van der Waals surface area contributed by atoms with Crippen molar-refractivity contribution in [3.63, 3.8) is 0 Å². The third-order valence-corrected chi connectivity index (χ3v) is 17.4. The average molecular weight is 999 g/mol. The summed E-state index contributed by atoms with van der Waals surface area (Å²) in [5, 5.41) is 23.3. The van der Waals surface area contributed by atoms with Gasteiger partial charge in [-0.15, -0.1) is 0 Å². The first-order valence-electron chi connectivity index (χ1n) is 23.1. The van der Waals surface area contributed by atoms with Crippen molar-refractivity contribution >= 4 is 74.6 Å². The molecule has 15 nitrogen and oxygen atoms in total. The van der Waals surface area contributed by atoms with E-state index in [0.29, 0.717) is 111 Å². The van der Waals surface area contributed by atoms with Gasteiger partial charge >= 0.3 is 0 Å². The van der Waals surface area contributed by atoms with Gasteiger partial charge in [0.05, 0.1) is 26.1 Å². The number of amides is 3. The standard InChI is InChI=1S/C44H87N9O6S5/c1-9-26-58-28-29-59-27-25-53(23-13-39(55)47-16-31-60-42(2,3)4)24-14-40(56)49-18-33-62-44(7,8)43(5,6)61-32-17-48-38(54)11-21-52(20-10-37-35-46-36-51-37)22-12-41(57)50-19-34-64-63-30-15-45/h35-36,38,48,54H,9-34,45H2,1-8H3,(H,46,51)(H,47,55)(H,49,56)(H,50,57). The molecule has 0 aliphatic carbocycles. The van der Waals surface area contributed by atoms with Crippen LogP contribution in [-0.4, -0.2) is 190 Å². The zero-order chi connectivity index (χ0) is 47.5. The van der Waals surface area contributed by atoms with Crippen LogP contribution in [0.4, 0.5) is 0 Å². The summed E-state index contributed by atoms with van der Waals surface area (Å²) in [6.45, 7) is 26.9. The third kappa shape index (κ3) is 33.5. The van der Waals surface area contributed by atoms with E-state index < -0.39 is 6.23 Å². The Balaban J connectivity index is 2.45. The van der Waals surface area contributed by atoms with Crippen LogP contribution in [0.25, 0.3) is 0 Å². The molecule has 0 saturated heterocycles. The molecule has 20 heteroatoms. The molecule has 1 aromatic rings. The van der Waals surface area contributed by atoms with E-state index in [1.807, 2.05) is 41.5 Å². The number of nitrogens with two attached hydrogens (primary N) is 1. The van der Waals surface area contributed by atoms with E-state index in [9.17, 15) is 19.5 Å². The lowest BCUT2D eigenvalue weighted by molar-refractivity contribution is -0.122. The van der Waals surface area contributed by atoms with Crippen LogP contribution in [0.1, 0.15) is 93.2 Å². The van der Waals surface area contributed by atoms with Crippen molar-refractivity contribution in [2.45, 2.75) is 114 Å². The van der Waals surface area contributed by atoms with E-state index in [0.717, 1.165) is 60.5 Å². The summed E-state index contributed by atoms with van der Waals surface area (Å²) in [4.78, 5) is 49.7. The SMILES string of the molecule is CCCOCCOCCN(CCC(=O)NCCSC(C)(C)C)CCC(=O)NCCSC(C)(C)C(C)(C)SCCNC(O)CCN(CCC(=O)NCCSSCCN)CCc1cnc[nH]1. The van der Waals surface area contributed by atoms with Crippen molar-refractivity contribution in [1.82, 2.24) is 41.0 Å². The summed E-state index contributed by atoms with van der Waals surface area (Å²) < 4.78 is 11.3. The van der Waals surface area contributed by atoms with Gasteiger partial charge in [0.25, 0.3) is 0 Å². The molecule has 1 atom stereocenters. The van der Waals surface area contributed by atoms with Crippen molar-refractivity contribution < 1.29 is 29.0 Å². The average Bonchev–Trinajstić information content (AvgIpc) is 3.77. The van der Waals surface area contributed by atoms with E-state index in [2.05, 4.69) is 96.4 Å². The lowest BCUT2D eigenvalue weighted by atomic mass is 9.98. The summed E-state index contributed by atoms with van der Waals surface area (Å²) >= 11 is 5.56. The van der Waals surface area contributed by atoms with Gasteiger partial charge in [0.2, 0.25) is 17.7 Å². The number of hydrogen-bond donors (Lipinski definition) is 7. The molecule has 1 heterocycles. The lowest BCUT2D eigenvalue weighted by Crippen LogP contribution is -2.42. The molecular formula is C44H87N9O6S5. The molecule has 0 spiro atoms. The fourth-order valence-electron chi connectivity index (χ4n) is 5.80. The predicted molar refractivity (Wildman–Crippen MR) is 278 cm³/mol. The highest BCUT2D eigenvalue weighted by atomic mass is 33.1. The molecule has 1 aromatic heterocycles. The largest absolute Gasteiger partial charge is 0.379 e. The molecule has 374 valence electrons. The van der Waals surface area contributed by atoms with E-state index in [1.165, 1.54) is 0 Å². The Hall–Kier alpha value is -0.910. The van der Waals surface area contributed by atoms with Crippen LogP contribution in [0.15, 0.2) is 12.5 Å². The second-order valence-corrected chi connectivity index (χ2v) is 25.5. The molecule has 3 amide bonds. The molecule has 0 fully saturated rings. The predicted octanol–water partition coefficient (Wildman–Crippen LogP) is 4.71. The number of aromatic nitrogens is 2. The van der Waals surface area contributed by atoms with Gasteiger partial charge in [-0.3, -0.25) is 19.7 Å². The highest BCUT2D eigenvalue weighted by Gasteiger charge is 2.37. The lowest BCUT2D eigenvalue weighted by Gasteiger charge is -2.41. The van der Waals surface area contributed by atoms with Gasteiger partial charge in [-0.2, -0.15) is 35.3 Å². The highest BCUT2D eigenvalue weighted by Crippen LogP contribution is 2.44. The molecule has 0 saturated carbocycles. The smallest absolute Gasteiger partial charge is 0.221 e. The molecule has 8 N–H and O–H groups in total. The van der Waals surface area contributed by atoms with Gasteiger partial charge in [-0.05, 0) is 40.5 Å². The number of carbonyl (C=O) groups is 3. The zero-order valence-corrected chi connectivity index (χ0v) is 44.6. The minimum Gasteiger partial charge on any atom is -0.379 e. The number of hydrogen-bond acceptors (Lipinski definition) is 16. The van der Waals surface area contributed by atoms with Crippen molar-refractivity contribution in [2.24, 2.45) is 5.73 Å². The third-order valence-electron chi connectivity index (χ3n) is 10.2. The minimum atomic E-state index is -0.649. The molecule has 0 aliphatic heterocycles. The number of aliphatic hydroxyl groups excluding tert-OH is 1. The Morgan fingerprint density at radius 1 is 0.703 bits per heavy atom. The maximum absolute atomic E-state index is 12.9. The summed E-state index contributed by atoms with van der Waals surface area (Å²) in [6.07, 6.45) is 6.31. The minimum absolute atomic E-state index is 0.00419. The number of carbonyl (C=O) groups excluding carboxylic acids is 3. The van der Waals surface area contributed by atoms with E-state index >= 15 is 0 Å². The first kappa shape index (κ1) is 61.1. The van der Waals surface area contributed by atoms with Gasteiger partial charge in [-0.1, -0.05) is 49.3 Å². The Morgan fingerprint density at radius 3 is 1.75 bits per heavy atom. The van der Waals surface area contributed by atoms with Gasteiger partial charge < -0.3 is 51.0 Å². The van der Waals surface area contributed by atoms with E-state index in [-0.39, 0.29) is 32.0 Å². The number of ether oxygens (including phenoxy) is 2. The zero-order valence-electron chi connectivity index (χ0n) is 40.6. The molecule has 1 rings (SSSR count). The van der Waals surface area contributed by atoms with Gasteiger partial charge in [-0.25, -0.2) is 4.98 Å². The number of imidazole rings is 1. The first-order chi connectivity index (χ1) is 30.5. The van der Waals surface area contributed by atoms with Crippen LogP contribution < -0.4 is 27.0 Å². The number of rotatable bonds is 42. The van der Waals surface area contributed by atoms with Crippen LogP contribution >= 0.6 is 56.9 Å². The summed E-state index contributed by atoms with van der Waals surface area (Å²) in [7, 11) is 3.45. The Bertz CT molecular complexity index is 1330. The van der Waals surface area contributed by atoms with Crippen molar-refractivity contribution in [1.29, 1.82) is 0 Å². The van der Waals surface area contributed by atoms with Crippen molar-refractivity contribution in [2.75, 3.05) is 127 Å². The Morgan fingerprint density at radius 2 is 1.22 bits per heavy atom. The molecule has 1 unspecified atom stereocenters. The summed E-state index contributed by atoms with van der Waals surface area (Å²) in [5.41, 5.74) is 6.58. The molecule has 0 aromatic carbocycles. The topological polar surface area (TPSA) is 199 Å². The molecular weight excluding hydrogens is 911 g/mol. The monoisotopic (exact) mass is 998 g/mol. The van der Waals surface area contributed by atoms with Crippen LogP contribution in [-0.2, 0) is 30.3 Å². The van der Waals surface area contributed by atoms with Crippen LogP contribution in [0, 0.1) is 0 Å². The van der Waals surface area contributed by atoms with Gasteiger partial charge in [0.15, 0.2) is 0 Å². The summed E-state index contributed by atoms with van der Waals surface area (Å²) in [5.74, 6) is 4.32. The highest BCUT2D eigenvalue weighted by molar-refractivity contribution is 8.76. The van der Waals surface area contributed by atoms with E-state index in [4.69, 9.17) is 15.2 Å². The normalized spacial score (nSPS) is 12.9. The molecule has 64 heavy (non-hydrogen) atoms. The second-order valence-electron chi connectivity index (χ2n) is 17.4. The summed E-state index contributed by atoms with van der Waals surface area (Å²) in [6, 6.07) is 0. The molecule has 0 aliphatic rings. The molecule has 0 bridgehead atoms. The van der Waals surface area contributed by atoms with Gasteiger partial charge in [0, 0.05) is 159 Å². The van der Waals surface area contributed by atoms with Crippen molar-refractivity contribution in [3.8, 4) is 0 Å². The molecule has 0 radical (unpaired) electrons. The van der Waals surface area contributed by atoms with Crippen molar-refractivity contribution in [3.05, 3.63) is 18.2 Å².